The quantitative estimate of drug-likeness (QED) is 0.508. The number of benzene rings is 2. The minimum absolute atomic E-state index is 0.134. The number of aryl methyl sites for hydroxylation is 2. The highest BCUT2D eigenvalue weighted by atomic mass is 32.1. The highest BCUT2D eigenvalue weighted by Crippen LogP contribution is 2.29. The number of amides is 1. The van der Waals surface area contributed by atoms with Gasteiger partial charge in [-0.25, -0.2) is 4.98 Å². The molecule has 0 fully saturated rings. The normalized spacial score (nSPS) is 11.0. The van der Waals surface area contributed by atoms with E-state index in [-0.39, 0.29) is 24.4 Å². The molecular weight excluding hydrogens is 402 g/mol. The van der Waals surface area contributed by atoms with Crippen molar-refractivity contribution in [2.45, 2.75) is 19.9 Å². The van der Waals surface area contributed by atoms with Crippen molar-refractivity contribution in [2.75, 3.05) is 19.5 Å². The van der Waals surface area contributed by atoms with Crippen LogP contribution in [0, 0.1) is 6.92 Å². The lowest BCUT2D eigenvalue weighted by Crippen LogP contribution is -2.24. The molecule has 0 spiro atoms. The van der Waals surface area contributed by atoms with Crippen LogP contribution in [0.25, 0.3) is 21.1 Å². The van der Waals surface area contributed by atoms with Crippen LogP contribution >= 0.6 is 11.3 Å². The van der Waals surface area contributed by atoms with Gasteiger partial charge in [-0.05, 0) is 36.8 Å². The van der Waals surface area contributed by atoms with Crippen molar-refractivity contribution in [3.05, 3.63) is 58.4 Å². The van der Waals surface area contributed by atoms with Gasteiger partial charge >= 0.3 is 0 Å². The number of carbonyl (C=O) groups excluding carboxylic acids is 1. The van der Waals surface area contributed by atoms with Crippen LogP contribution in [-0.2, 0) is 11.3 Å². The van der Waals surface area contributed by atoms with E-state index in [1.54, 1.807) is 24.9 Å². The molecule has 0 aliphatic carbocycles. The van der Waals surface area contributed by atoms with E-state index < -0.39 is 0 Å². The van der Waals surface area contributed by atoms with E-state index >= 15 is 0 Å². The topological polar surface area (TPSA) is 82.5 Å². The standard InChI is InChI=1S/C22H21N3O4S/c1-13-11-20(27)25(21-15(13)5-4-6-17(21)29-3)10-9-19(26)24-22-23-16-8-7-14(28-2)12-18(16)30-22/h4-8,11-12H,9-10H2,1-3H3,(H,23,24,26). The number of aromatic nitrogens is 2. The number of ether oxygens (including phenoxy) is 2. The first-order chi connectivity index (χ1) is 14.5. The number of hydrogen-bond donors (Lipinski definition) is 1. The second kappa shape index (κ2) is 8.16. The molecule has 4 aromatic rings. The van der Waals surface area contributed by atoms with Crippen LogP contribution < -0.4 is 20.3 Å². The number of nitrogens with zero attached hydrogens (tertiary/aromatic N) is 2. The van der Waals surface area contributed by atoms with Crippen LogP contribution in [0.1, 0.15) is 12.0 Å². The molecule has 0 radical (unpaired) electrons. The van der Waals surface area contributed by atoms with Gasteiger partial charge < -0.3 is 19.4 Å². The summed E-state index contributed by atoms with van der Waals surface area (Å²) in [6.45, 7) is 2.13. The highest BCUT2D eigenvalue weighted by Gasteiger charge is 2.14. The molecule has 4 rings (SSSR count). The lowest BCUT2D eigenvalue weighted by atomic mass is 10.1. The van der Waals surface area contributed by atoms with Gasteiger partial charge in [0.2, 0.25) is 5.91 Å². The Labute approximate surface area is 176 Å². The van der Waals surface area contributed by atoms with E-state index in [2.05, 4.69) is 10.3 Å². The molecule has 0 bridgehead atoms. The number of nitrogens with one attached hydrogen (secondary N) is 1. The first kappa shape index (κ1) is 19.9. The summed E-state index contributed by atoms with van der Waals surface area (Å²) in [7, 11) is 3.18. The van der Waals surface area contributed by atoms with Gasteiger partial charge in [-0.1, -0.05) is 23.5 Å². The molecule has 2 aromatic heterocycles. The van der Waals surface area contributed by atoms with Crippen LogP contribution in [0.5, 0.6) is 11.5 Å². The Morgan fingerprint density at radius 1 is 1.17 bits per heavy atom. The van der Waals surface area contributed by atoms with E-state index in [0.29, 0.717) is 16.4 Å². The van der Waals surface area contributed by atoms with Gasteiger partial charge in [0.1, 0.15) is 11.5 Å². The molecule has 0 atom stereocenters. The van der Waals surface area contributed by atoms with Crippen LogP contribution in [0.3, 0.4) is 0 Å². The van der Waals surface area contributed by atoms with Crippen molar-refractivity contribution >= 4 is 43.5 Å². The monoisotopic (exact) mass is 423 g/mol. The Hall–Kier alpha value is -3.39. The summed E-state index contributed by atoms with van der Waals surface area (Å²) < 4.78 is 13.2. The van der Waals surface area contributed by atoms with E-state index in [4.69, 9.17) is 9.47 Å². The number of hydrogen-bond acceptors (Lipinski definition) is 6. The second-order valence-corrected chi connectivity index (χ2v) is 7.86. The number of anilines is 1. The lowest BCUT2D eigenvalue weighted by Gasteiger charge is -2.14. The highest BCUT2D eigenvalue weighted by molar-refractivity contribution is 7.22. The number of thiazole rings is 1. The van der Waals surface area contributed by atoms with Crippen molar-refractivity contribution in [3.63, 3.8) is 0 Å². The Morgan fingerprint density at radius 3 is 2.77 bits per heavy atom. The maximum atomic E-state index is 12.6. The average molecular weight is 423 g/mol. The summed E-state index contributed by atoms with van der Waals surface area (Å²) in [5, 5.41) is 4.27. The van der Waals surface area contributed by atoms with Crippen LogP contribution in [-0.4, -0.2) is 29.7 Å². The Morgan fingerprint density at radius 2 is 2.00 bits per heavy atom. The maximum absolute atomic E-state index is 12.6. The third kappa shape index (κ3) is 3.73. The van der Waals surface area contributed by atoms with Crippen molar-refractivity contribution < 1.29 is 14.3 Å². The van der Waals surface area contributed by atoms with Crippen molar-refractivity contribution in [1.29, 1.82) is 0 Å². The summed E-state index contributed by atoms with van der Waals surface area (Å²) in [6, 6.07) is 12.8. The van der Waals surface area contributed by atoms with Gasteiger partial charge in [0.15, 0.2) is 5.13 Å². The molecule has 2 aromatic carbocycles. The number of pyridine rings is 1. The molecule has 154 valence electrons. The van der Waals surface area contributed by atoms with Gasteiger partial charge in [-0.2, -0.15) is 0 Å². The van der Waals surface area contributed by atoms with E-state index in [1.807, 2.05) is 43.3 Å². The first-order valence-electron chi connectivity index (χ1n) is 9.41. The zero-order valence-corrected chi connectivity index (χ0v) is 17.7. The minimum Gasteiger partial charge on any atom is -0.497 e. The van der Waals surface area contributed by atoms with Crippen molar-refractivity contribution in [3.8, 4) is 11.5 Å². The number of para-hydroxylation sites is 1. The van der Waals surface area contributed by atoms with E-state index in [1.165, 1.54) is 11.3 Å². The third-order valence-electron chi connectivity index (χ3n) is 4.92. The summed E-state index contributed by atoms with van der Waals surface area (Å²) in [4.78, 5) is 29.6. The van der Waals surface area contributed by atoms with Gasteiger partial charge in [-0.3, -0.25) is 9.59 Å². The van der Waals surface area contributed by atoms with Gasteiger partial charge in [0.05, 0.1) is 30.0 Å². The molecule has 0 saturated heterocycles. The van der Waals surface area contributed by atoms with Crippen LogP contribution in [0.2, 0.25) is 0 Å². The predicted octanol–water partition coefficient (Wildman–Crippen LogP) is 3.97. The molecule has 1 amide bonds. The first-order valence-corrected chi connectivity index (χ1v) is 10.2. The number of methoxy groups -OCH3 is 2. The van der Waals surface area contributed by atoms with Crippen LogP contribution in [0.4, 0.5) is 5.13 Å². The maximum Gasteiger partial charge on any atom is 0.251 e. The predicted molar refractivity (Wildman–Crippen MR) is 119 cm³/mol. The molecule has 1 N–H and O–H groups in total. The fourth-order valence-electron chi connectivity index (χ4n) is 3.44. The molecule has 0 aliphatic rings. The van der Waals surface area contributed by atoms with E-state index in [9.17, 15) is 9.59 Å². The summed E-state index contributed by atoms with van der Waals surface area (Å²) in [6.07, 6.45) is 0.134. The van der Waals surface area contributed by atoms with Gasteiger partial charge in [0, 0.05) is 24.4 Å². The zero-order chi connectivity index (χ0) is 21.3. The molecule has 0 unspecified atom stereocenters. The SMILES string of the molecule is COc1ccc2nc(NC(=O)CCn3c(=O)cc(C)c4cccc(OC)c43)sc2c1. The Kier molecular flexibility index (Phi) is 5.41. The molecule has 0 aliphatic heterocycles. The second-order valence-electron chi connectivity index (χ2n) is 6.82. The molecule has 2 heterocycles. The van der Waals surface area contributed by atoms with E-state index in [0.717, 1.165) is 26.9 Å². The van der Waals surface area contributed by atoms with Gasteiger partial charge in [-0.15, -0.1) is 0 Å². The summed E-state index contributed by atoms with van der Waals surface area (Å²) in [5.41, 5.74) is 2.20. The average Bonchev–Trinajstić information content (AvgIpc) is 3.14. The van der Waals surface area contributed by atoms with Crippen molar-refractivity contribution in [1.82, 2.24) is 9.55 Å². The van der Waals surface area contributed by atoms with Gasteiger partial charge in [0.25, 0.3) is 5.56 Å². The molecule has 0 saturated carbocycles. The number of rotatable bonds is 6. The fourth-order valence-corrected chi connectivity index (χ4v) is 4.35. The van der Waals surface area contributed by atoms with Crippen LogP contribution in [0.15, 0.2) is 47.3 Å². The minimum atomic E-state index is -0.212. The molecule has 8 heteroatoms. The fraction of sp³-hybridized carbons (Fsp3) is 0.227. The summed E-state index contributed by atoms with van der Waals surface area (Å²) >= 11 is 1.38. The third-order valence-corrected chi connectivity index (χ3v) is 5.86. The van der Waals surface area contributed by atoms with Crippen molar-refractivity contribution in [2.24, 2.45) is 0 Å². The Balaban J connectivity index is 1.56. The Bertz CT molecular complexity index is 1310. The molecular formula is C22H21N3O4S. The smallest absolute Gasteiger partial charge is 0.251 e. The molecule has 7 nitrogen and oxygen atoms in total. The number of carbonyl (C=O) groups is 1. The largest absolute Gasteiger partial charge is 0.497 e. The lowest BCUT2D eigenvalue weighted by molar-refractivity contribution is -0.116. The zero-order valence-electron chi connectivity index (χ0n) is 16.9. The molecule has 30 heavy (non-hydrogen) atoms. The summed E-state index contributed by atoms with van der Waals surface area (Å²) in [5.74, 6) is 1.13. The number of fused-ring (bicyclic) bond motifs is 2.